The largest absolute Gasteiger partial charge is 0.365 e. The Kier molecular flexibility index (Phi) is 6.06. The molecule has 9 nitrogen and oxygen atoms in total. The predicted molar refractivity (Wildman–Crippen MR) is 116 cm³/mol. The molecule has 2 heterocycles. The molecular weight excluding hydrogens is 389 g/mol. The second-order valence-corrected chi connectivity index (χ2v) is 7.14. The third-order valence-corrected chi connectivity index (χ3v) is 4.99. The number of halogens is 1. The normalized spacial score (nSPS) is 13.2. The second kappa shape index (κ2) is 8.54. The number of aromatic nitrogens is 3. The Morgan fingerprint density at radius 2 is 2.03 bits per heavy atom. The Bertz CT molecular complexity index is 1140. The van der Waals surface area contributed by atoms with E-state index in [0.717, 1.165) is 11.6 Å². The first-order chi connectivity index (χ1) is 14.2. The van der Waals surface area contributed by atoms with Crippen LogP contribution in [0.3, 0.4) is 0 Å². The van der Waals surface area contributed by atoms with Crippen LogP contribution >= 0.6 is 0 Å². The second-order valence-electron chi connectivity index (χ2n) is 7.14. The van der Waals surface area contributed by atoms with E-state index in [9.17, 15) is 14.0 Å². The van der Waals surface area contributed by atoms with Gasteiger partial charge in [0.1, 0.15) is 5.82 Å². The van der Waals surface area contributed by atoms with Crippen LogP contribution in [-0.4, -0.2) is 32.8 Å². The van der Waals surface area contributed by atoms with Crippen molar-refractivity contribution in [3.8, 4) is 0 Å². The van der Waals surface area contributed by atoms with Crippen LogP contribution in [0.15, 0.2) is 29.1 Å². The molecular formula is C20H26FN7O2. The Labute approximate surface area is 172 Å². The number of nitrogens with two attached hydrogens (primary N) is 2. The highest BCUT2D eigenvalue weighted by Crippen LogP contribution is 2.26. The summed E-state index contributed by atoms with van der Waals surface area (Å²) in [6.45, 7) is 6.27. The summed E-state index contributed by atoms with van der Waals surface area (Å²) in [6.07, 6.45) is 0.660. The first-order valence-corrected chi connectivity index (χ1v) is 9.77. The van der Waals surface area contributed by atoms with E-state index in [-0.39, 0.29) is 34.8 Å². The Morgan fingerprint density at radius 1 is 1.30 bits per heavy atom. The van der Waals surface area contributed by atoms with Crippen LogP contribution in [-0.2, 0) is 6.54 Å². The number of carbonyl (C=O) groups excluding carboxylic acids is 1. The van der Waals surface area contributed by atoms with Crippen LogP contribution in [0.2, 0.25) is 0 Å². The third kappa shape index (κ3) is 4.13. The van der Waals surface area contributed by atoms with Crippen molar-refractivity contribution in [3.63, 3.8) is 0 Å². The van der Waals surface area contributed by atoms with Crippen LogP contribution in [0.1, 0.15) is 37.6 Å². The number of pyridine rings is 1. The maximum Gasteiger partial charge on any atom is 0.272 e. The molecule has 0 aliphatic heterocycles. The molecule has 0 fully saturated rings. The van der Waals surface area contributed by atoms with E-state index in [2.05, 4.69) is 20.7 Å². The Hall–Kier alpha value is -3.40. The summed E-state index contributed by atoms with van der Waals surface area (Å²) in [7, 11) is 0. The Morgan fingerprint density at radius 3 is 2.63 bits per heavy atom. The average molecular weight is 415 g/mol. The van der Waals surface area contributed by atoms with Crippen LogP contribution < -0.4 is 27.7 Å². The van der Waals surface area contributed by atoms with Crippen LogP contribution in [0.25, 0.3) is 10.9 Å². The number of nitrogens with one attached hydrogen (secondary N) is 3. The quantitative estimate of drug-likeness (QED) is 0.382. The van der Waals surface area contributed by atoms with Crippen molar-refractivity contribution in [1.29, 1.82) is 0 Å². The van der Waals surface area contributed by atoms with Crippen molar-refractivity contribution in [3.05, 3.63) is 46.0 Å². The zero-order chi connectivity index (χ0) is 22.0. The van der Waals surface area contributed by atoms with Gasteiger partial charge in [0.15, 0.2) is 11.6 Å². The minimum Gasteiger partial charge on any atom is -0.365 e. The van der Waals surface area contributed by atoms with E-state index in [1.165, 1.54) is 0 Å². The number of rotatable bonds is 8. The summed E-state index contributed by atoms with van der Waals surface area (Å²) in [4.78, 5) is 28.3. The first kappa shape index (κ1) is 21.3. The van der Waals surface area contributed by atoms with E-state index in [1.54, 1.807) is 22.9 Å². The van der Waals surface area contributed by atoms with Crippen molar-refractivity contribution in [1.82, 2.24) is 14.8 Å². The standard InChI is InChI=1S/C20H26FN7O2/c1-4-15(10(3)22)25-19-14(21)9-13(17(23)29)18(26-19)24-11-6-7-16-12(8-11)20(30)27-28(16)5-2/h6-10,15H,4-5,22H2,1-3H3,(H2,23,29)(H,27,30)(H2,24,25,26)/t10-,15+/m0/s1. The average Bonchev–Trinajstić information content (AvgIpc) is 3.02. The van der Waals surface area contributed by atoms with Crippen LogP contribution in [0.5, 0.6) is 0 Å². The molecule has 3 rings (SSSR count). The molecule has 0 saturated heterocycles. The van der Waals surface area contributed by atoms with Gasteiger partial charge in [0.25, 0.3) is 11.5 Å². The lowest BCUT2D eigenvalue weighted by Gasteiger charge is -2.22. The minimum atomic E-state index is -0.828. The van der Waals surface area contributed by atoms with Gasteiger partial charge in [-0.2, -0.15) is 0 Å². The molecule has 30 heavy (non-hydrogen) atoms. The fourth-order valence-corrected chi connectivity index (χ4v) is 3.31. The van der Waals surface area contributed by atoms with Crippen molar-refractivity contribution in [2.75, 3.05) is 10.6 Å². The molecule has 0 radical (unpaired) electrons. The van der Waals surface area contributed by atoms with E-state index in [4.69, 9.17) is 11.5 Å². The topological polar surface area (TPSA) is 144 Å². The van der Waals surface area contributed by atoms with Crippen molar-refractivity contribution in [2.45, 2.75) is 45.8 Å². The monoisotopic (exact) mass is 415 g/mol. The zero-order valence-electron chi connectivity index (χ0n) is 17.1. The van der Waals surface area contributed by atoms with E-state index in [0.29, 0.717) is 24.0 Å². The lowest BCUT2D eigenvalue weighted by molar-refractivity contribution is 0.100. The number of amides is 1. The number of primary amides is 1. The highest BCUT2D eigenvalue weighted by atomic mass is 19.1. The molecule has 0 aliphatic rings. The van der Waals surface area contributed by atoms with Crippen LogP contribution in [0, 0.1) is 5.82 Å². The summed E-state index contributed by atoms with van der Waals surface area (Å²) < 4.78 is 16.3. The molecule has 0 spiro atoms. The number of carbonyl (C=O) groups is 1. The zero-order valence-corrected chi connectivity index (χ0v) is 17.1. The summed E-state index contributed by atoms with van der Waals surface area (Å²) >= 11 is 0. The van der Waals surface area contributed by atoms with Crippen LogP contribution in [0.4, 0.5) is 21.7 Å². The molecule has 0 aliphatic carbocycles. The number of aryl methyl sites for hydroxylation is 1. The highest BCUT2D eigenvalue weighted by Gasteiger charge is 2.20. The molecule has 2 aromatic heterocycles. The van der Waals surface area contributed by atoms with Gasteiger partial charge in [-0.1, -0.05) is 6.92 Å². The lowest BCUT2D eigenvalue weighted by atomic mass is 10.1. The van der Waals surface area contributed by atoms with E-state index < -0.39 is 11.7 Å². The number of nitrogens with zero attached hydrogens (tertiary/aromatic N) is 2. The maximum absolute atomic E-state index is 14.5. The van der Waals surface area contributed by atoms with E-state index >= 15 is 0 Å². The van der Waals surface area contributed by atoms with E-state index in [1.807, 2.05) is 20.8 Å². The number of fused-ring (bicyclic) bond motifs is 1. The number of hydrogen-bond donors (Lipinski definition) is 5. The summed E-state index contributed by atoms with van der Waals surface area (Å²) in [6, 6.07) is 5.74. The highest BCUT2D eigenvalue weighted by molar-refractivity contribution is 5.99. The predicted octanol–water partition coefficient (Wildman–Crippen LogP) is 2.26. The Balaban J connectivity index is 2.02. The van der Waals surface area contributed by atoms with Gasteiger partial charge in [-0.25, -0.2) is 9.37 Å². The molecule has 10 heteroatoms. The minimum absolute atomic E-state index is 0.0392. The van der Waals surface area contributed by atoms with Gasteiger partial charge in [0.2, 0.25) is 0 Å². The number of hydrogen-bond acceptors (Lipinski definition) is 6. The van der Waals surface area contributed by atoms with Gasteiger partial charge in [0, 0.05) is 24.3 Å². The van der Waals surface area contributed by atoms with Crippen molar-refractivity contribution >= 4 is 34.1 Å². The van der Waals surface area contributed by atoms with Gasteiger partial charge in [-0.05, 0) is 44.5 Å². The first-order valence-electron chi connectivity index (χ1n) is 9.77. The summed E-state index contributed by atoms with van der Waals surface area (Å²) in [5.74, 6) is -1.49. The summed E-state index contributed by atoms with van der Waals surface area (Å²) in [5.41, 5.74) is 12.3. The smallest absolute Gasteiger partial charge is 0.272 e. The molecule has 3 aromatic rings. The number of aromatic amines is 1. The molecule has 0 unspecified atom stereocenters. The van der Waals surface area contributed by atoms with Crippen molar-refractivity contribution in [2.24, 2.45) is 11.5 Å². The molecule has 0 bridgehead atoms. The number of H-pyrrole nitrogens is 1. The molecule has 1 amide bonds. The molecule has 1 aromatic carbocycles. The van der Waals surface area contributed by atoms with Gasteiger partial charge in [0.05, 0.1) is 16.5 Å². The van der Waals surface area contributed by atoms with Gasteiger partial charge >= 0.3 is 0 Å². The van der Waals surface area contributed by atoms with Gasteiger partial charge in [-0.3, -0.25) is 19.4 Å². The lowest BCUT2D eigenvalue weighted by Crippen LogP contribution is -2.38. The molecule has 7 N–H and O–H groups in total. The summed E-state index contributed by atoms with van der Waals surface area (Å²) in [5, 5.41) is 9.18. The van der Waals surface area contributed by atoms with Gasteiger partial charge in [-0.15, -0.1) is 0 Å². The fourth-order valence-electron chi connectivity index (χ4n) is 3.31. The SMILES string of the molecule is CC[C@@H](Nc1nc(Nc2ccc3c(c2)c(=O)[nH]n3CC)c(C(N)=O)cc1F)[C@H](C)N. The number of anilines is 3. The fraction of sp³-hybridized carbons (Fsp3) is 0.350. The molecule has 160 valence electrons. The van der Waals surface area contributed by atoms with Crippen molar-refractivity contribution < 1.29 is 9.18 Å². The number of benzene rings is 1. The third-order valence-electron chi connectivity index (χ3n) is 4.99. The molecule has 2 atom stereocenters. The van der Waals surface area contributed by atoms with Gasteiger partial charge < -0.3 is 22.1 Å². The molecule has 0 saturated carbocycles. The maximum atomic E-state index is 14.5.